The van der Waals surface area contributed by atoms with Gasteiger partial charge in [0.25, 0.3) is 5.56 Å². The van der Waals surface area contributed by atoms with Crippen LogP contribution in [0.5, 0.6) is 0 Å². The summed E-state index contributed by atoms with van der Waals surface area (Å²) in [5, 5.41) is 1.47. The summed E-state index contributed by atoms with van der Waals surface area (Å²) in [6, 6.07) is 13.9. The molecule has 3 rings (SSSR count). The molecular weight excluding hydrogens is 348 g/mol. The molecule has 0 atom stereocenters. The quantitative estimate of drug-likeness (QED) is 0.244. The van der Waals surface area contributed by atoms with Crippen LogP contribution in [0.1, 0.15) is 0 Å². The van der Waals surface area contributed by atoms with Crippen molar-refractivity contribution in [2.24, 2.45) is 5.84 Å². The van der Waals surface area contributed by atoms with E-state index >= 15 is 0 Å². The van der Waals surface area contributed by atoms with Gasteiger partial charge in [-0.05, 0) is 36.4 Å². The zero-order chi connectivity index (χ0) is 17.1. The second kappa shape index (κ2) is 7.04. The minimum Gasteiger partial charge on any atom is -0.294 e. The van der Waals surface area contributed by atoms with Gasteiger partial charge < -0.3 is 0 Å². The first kappa shape index (κ1) is 16.5. The zero-order valence-corrected chi connectivity index (χ0v) is 14.0. The number of benzene rings is 2. The first-order valence-corrected chi connectivity index (χ1v) is 8.36. The van der Waals surface area contributed by atoms with Gasteiger partial charge in [-0.1, -0.05) is 35.5 Å². The molecule has 0 fully saturated rings. The highest BCUT2D eigenvalue weighted by Crippen LogP contribution is 2.22. The van der Waals surface area contributed by atoms with E-state index in [1.807, 2.05) is 6.07 Å². The Bertz CT molecular complexity index is 956. The van der Waals surface area contributed by atoms with Gasteiger partial charge in [-0.25, -0.2) is 10.8 Å². The molecule has 1 heterocycles. The molecule has 24 heavy (non-hydrogen) atoms. The fraction of sp³-hybridized carbons (Fsp3) is 0.0625. The Hall–Kier alpha value is -2.35. The Labute approximate surface area is 146 Å². The molecule has 0 bridgehead atoms. The van der Waals surface area contributed by atoms with Crippen molar-refractivity contribution in [2.75, 3.05) is 5.75 Å². The van der Waals surface area contributed by atoms with E-state index in [0.29, 0.717) is 26.8 Å². The highest BCUT2D eigenvalue weighted by molar-refractivity contribution is 7.99. The molecule has 0 spiro atoms. The number of rotatable bonds is 4. The topological polar surface area (TPSA) is 90.0 Å². The third-order valence-corrected chi connectivity index (χ3v) is 4.51. The first-order chi connectivity index (χ1) is 11.6. The fourth-order valence-corrected chi connectivity index (χ4v) is 3.15. The second-order valence-corrected chi connectivity index (χ2v) is 6.26. The van der Waals surface area contributed by atoms with Gasteiger partial charge in [-0.2, -0.15) is 0 Å². The predicted molar refractivity (Wildman–Crippen MR) is 95.4 cm³/mol. The third kappa shape index (κ3) is 3.28. The van der Waals surface area contributed by atoms with E-state index < -0.39 is 0 Å². The molecule has 0 unspecified atom stereocenters. The molecule has 0 aliphatic rings. The molecule has 122 valence electrons. The van der Waals surface area contributed by atoms with Crippen LogP contribution in [0.2, 0.25) is 5.02 Å². The Balaban J connectivity index is 2.19. The molecule has 8 heteroatoms. The third-order valence-electron chi connectivity index (χ3n) is 3.32. The zero-order valence-electron chi connectivity index (χ0n) is 12.4. The number of thioether (sulfide) groups is 1. The maximum atomic E-state index is 12.9. The Morgan fingerprint density at radius 1 is 1.21 bits per heavy atom. The molecule has 0 saturated carbocycles. The van der Waals surface area contributed by atoms with Crippen LogP contribution < -0.4 is 16.8 Å². The number of halogens is 1. The normalized spacial score (nSPS) is 10.8. The average molecular weight is 361 g/mol. The van der Waals surface area contributed by atoms with E-state index in [0.717, 1.165) is 11.8 Å². The van der Waals surface area contributed by atoms with Gasteiger partial charge in [-0.3, -0.25) is 19.6 Å². The number of nitrogens with zero attached hydrogens (tertiary/aromatic N) is 2. The maximum Gasteiger partial charge on any atom is 0.266 e. The molecule has 2 aromatic carbocycles. The fourth-order valence-electron chi connectivity index (χ4n) is 2.20. The molecule has 3 N–H and O–H groups in total. The Morgan fingerprint density at radius 2 is 1.92 bits per heavy atom. The molecule has 0 aliphatic carbocycles. The lowest BCUT2D eigenvalue weighted by Gasteiger charge is -2.13. The number of hydrogen-bond donors (Lipinski definition) is 2. The number of carbonyl (C=O) groups is 1. The monoisotopic (exact) mass is 360 g/mol. The minimum absolute atomic E-state index is 0.0505. The van der Waals surface area contributed by atoms with Gasteiger partial charge in [0.05, 0.1) is 22.3 Å². The van der Waals surface area contributed by atoms with E-state index in [-0.39, 0.29) is 17.2 Å². The number of aromatic nitrogens is 2. The van der Waals surface area contributed by atoms with Crippen LogP contribution in [0.15, 0.2) is 58.5 Å². The van der Waals surface area contributed by atoms with E-state index in [9.17, 15) is 9.59 Å². The second-order valence-electron chi connectivity index (χ2n) is 4.88. The molecule has 1 amide bonds. The SMILES string of the molecule is NNC(=O)CSc1nc2ccccc2c(=O)n1-c1ccc(Cl)cc1. The van der Waals surface area contributed by atoms with Crippen molar-refractivity contribution < 1.29 is 4.79 Å². The summed E-state index contributed by atoms with van der Waals surface area (Å²) < 4.78 is 1.47. The molecule has 1 aromatic heterocycles. The van der Waals surface area contributed by atoms with Crippen LogP contribution in [0.25, 0.3) is 16.6 Å². The summed E-state index contributed by atoms with van der Waals surface area (Å²) in [4.78, 5) is 28.9. The number of para-hydroxylation sites is 1. The Kier molecular flexibility index (Phi) is 4.84. The summed E-state index contributed by atoms with van der Waals surface area (Å²) in [6.45, 7) is 0. The van der Waals surface area contributed by atoms with E-state index in [4.69, 9.17) is 17.4 Å². The lowest BCUT2D eigenvalue weighted by atomic mass is 10.2. The van der Waals surface area contributed by atoms with E-state index in [1.165, 1.54) is 4.57 Å². The number of nitrogens with one attached hydrogen (secondary N) is 1. The van der Waals surface area contributed by atoms with Gasteiger partial charge >= 0.3 is 0 Å². The number of carbonyl (C=O) groups excluding carboxylic acids is 1. The van der Waals surface area contributed by atoms with Crippen LogP contribution in [-0.2, 0) is 4.79 Å². The van der Waals surface area contributed by atoms with Crippen LogP contribution >= 0.6 is 23.4 Å². The van der Waals surface area contributed by atoms with Crippen molar-refractivity contribution in [3.8, 4) is 5.69 Å². The summed E-state index contributed by atoms with van der Waals surface area (Å²) in [5.74, 6) is 4.80. The molecular formula is C16H13ClN4O2S. The van der Waals surface area contributed by atoms with Gasteiger partial charge in [0.15, 0.2) is 5.16 Å². The largest absolute Gasteiger partial charge is 0.294 e. The molecule has 0 aliphatic heterocycles. The molecule has 3 aromatic rings. The summed E-state index contributed by atoms with van der Waals surface area (Å²) in [5.41, 5.74) is 3.05. The smallest absolute Gasteiger partial charge is 0.266 e. The van der Waals surface area contributed by atoms with Crippen molar-refractivity contribution in [2.45, 2.75) is 5.16 Å². The van der Waals surface area contributed by atoms with Crippen LogP contribution in [0, 0.1) is 0 Å². The summed E-state index contributed by atoms with van der Waals surface area (Å²) >= 11 is 7.05. The average Bonchev–Trinajstić information content (AvgIpc) is 2.61. The number of hydrazine groups is 1. The summed E-state index contributed by atoms with van der Waals surface area (Å²) in [6.07, 6.45) is 0. The van der Waals surface area contributed by atoms with Crippen molar-refractivity contribution in [1.82, 2.24) is 15.0 Å². The first-order valence-electron chi connectivity index (χ1n) is 7.00. The highest BCUT2D eigenvalue weighted by Gasteiger charge is 2.14. The van der Waals surface area contributed by atoms with Crippen LogP contribution in [0.4, 0.5) is 0 Å². The van der Waals surface area contributed by atoms with Crippen molar-refractivity contribution in [1.29, 1.82) is 0 Å². The van der Waals surface area contributed by atoms with Crippen molar-refractivity contribution >= 4 is 40.2 Å². The summed E-state index contributed by atoms with van der Waals surface area (Å²) in [7, 11) is 0. The number of fused-ring (bicyclic) bond motifs is 1. The lowest BCUT2D eigenvalue weighted by molar-refractivity contribution is -0.118. The van der Waals surface area contributed by atoms with E-state index in [2.05, 4.69) is 10.4 Å². The van der Waals surface area contributed by atoms with Gasteiger partial charge in [0.1, 0.15) is 0 Å². The number of hydrogen-bond acceptors (Lipinski definition) is 5. The molecule has 6 nitrogen and oxygen atoms in total. The van der Waals surface area contributed by atoms with Crippen molar-refractivity contribution in [3.63, 3.8) is 0 Å². The predicted octanol–water partition coefficient (Wildman–Crippen LogP) is 2.12. The van der Waals surface area contributed by atoms with Crippen LogP contribution in [-0.4, -0.2) is 21.2 Å². The van der Waals surface area contributed by atoms with Gasteiger partial charge in [-0.15, -0.1) is 0 Å². The number of nitrogens with two attached hydrogens (primary N) is 1. The van der Waals surface area contributed by atoms with Gasteiger partial charge in [0.2, 0.25) is 5.91 Å². The van der Waals surface area contributed by atoms with E-state index in [1.54, 1.807) is 42.5 Å². The highest BCUT2D eigenvalue weighted by atomic mass is 35.5. The lowest BCUT2D eigenvalue weighted by Crippen LogP contribution is -2.32. The minimum atomic E-state index is -0.356. The maximum absolute atomic E-state index is 12.9. The van der Waals surface area contributed by atoms with Crippen molar-refractivity contribution in [3.05, 3.63) is 63.9 Å². The number of amides is 1. The van der Waals surface area contributed by atoms with Crippen LogP contribution in [0.3, 0.4) is 0 Å². The molecule has 0 saturated heterocycles. The standard InChI is InChI=1S/C16H13ClN4O2S/c17-10-5-7-11(8-6-10)21-15(23)12-3-1-2-4-13(12)19-16(21)24-9-14(22)20-18/h1-8H,9,18H2,(H,20,22). The molecule has 0 radical (unpaired) electrons. The van der Waals surface area contributed by atoms with Gasteiger partial charge in [0, 0.05) is 5.02 Å². The Morgan fingerprint density at radius 3 is 2.62 bits per heavy atom.